The van der Waals surface area contributed by atoms with E-state index in [1.165, 1.54) is 6.92 Å². The molecule has 0 aliphatic heterocycles. The van der Waals surface area contributed by atoms with Crippen LogP contribution in [-0.2, 0) is 19.1 Å². The second-order valence-electron chi connectivity index (χ2n) is 3.34. The smallest absolute Gasteiger partial charge is 0.309 e. The monoisotopic (exact) mass is 188 g/mol. The summed E-state index contributed by atoms with van der Waals surface area (Å²) >= 11 is 0. The van der Waals surface area contributed by atoms with Gasteiger partial charge in [-0.05, 0) is 20.8 Å². The first-order chi connectivity index (χ1) is 5.87. The second-order valence-corrected chi connectivity index (χ2v) is 3.34. The van der Waals surface area contributed by atoms with Gasteiger partial charge >= 0.3 is 11.9 Å². The van der Waals surface area contributed by atoms with Crippen LogP contribution >= 0.6 is 0 Å². The average Bonchev–Trinajstić information content (AvgIpc) is 1.81. The first-order valence-corrected chi connectivity index (χ1v) is 4.22. The molecule has 0 aliphatic carbocycles. The normalized spacial score (nSPS) is 10.8. The van der Waals surface area contributed by atoms with Crippen LogP contribution < -0.4 is 0 Å². The Morgan fingerprint density at radius 2 is 1.85 bits per heavy atom. The van der Waals surface area contributed by atoms with Gasteiger partial charge in [-0.2, -0.15) is 0 Å². The number of carbonyl (C=O) groups excluding carboxylic acids is 2. The summed E-state index contributed by atoms with van der Waals surface area (Å²) in [5, 5.41) is 0. The van der Waals surface area contributed by atoms with Crippen LogP contribution in [0.3, 0.4) is 0 Å². The molecule has 0 N–H and O–H groups in total. The lowest BCUT2D eigenvalue weighted by Crippen LogP contribution is -2.30. The van der Waals surface area contributed by atoms with E-state index >= 15 is 0 Å². The number of hydrogen-bond acceptors (Lipinski definition) is 4. The van der Waals surface area contributed by atoms with Gasteiger partial charge in [-0.15, -0.1) is 0 Å². The molecule has 76 valence electrons. The third kappa shape index (κ3) is 6.13. The molecule has 4 nitrogen and oxygen atoms in total. The van der Waals surface area contributed by atoms with Gasteiger partial charge in [-0.1, -0.05) is 0 Å². The summed E-state index contributed by atoms with van der Waals surface area (Å²) in [5.74, 6) is -0.747. The molecular formula is C9H16O4. The van der Waals surface area contributed by atoms with Gasteiger partial charge in [-0.3, -0.25) is 9.59 Å². The van der Waals surface area contributed by atoms with E-state index < -0.39 is 11.6 Å². The van der Waals surface area contributed by atoms with Crippen LogP contribution in [0, 0.1) is 0 Å². The van der Waals surface area contributed by atoms with Crippen molar-refractivity contribution in [3.63, 3.8) is 0 Å². The SMILES string of the molecule is CCOC(=O)CC(C)(C)OC(C)=O. The topological polar surface area (TPSA) is 52.6 Å². The van der Waals surface area contributed by atoms with Crippen LogP contribution in [0.4, 0.5) is 0 Å². The second kappa shape index (κ2) is 4.84. The molecule has 0 amide bonds. The third-order valence-corrected chi connectivity index (χ3v) is 1.30. The highest BCUT2D eigenvalue weighted by atomic mass is 16.6. The minimum atomic E-state index is -0.780. The zero-order valence-corrected chi connectivity index (χ0v) is 8.55. The molecule has 0 spiro atoms. The number of ether oxygens (including phenoxy) is 2. The zero-order valence-electron chi connectivity index (χ0n) is 8.55. The van der Waals surface area contributed by atoms with Crippen molar-refractivity contribution in [3.05, 3.63) is 0 Å². The molecule has 4 heteroatoms. The molecule has 0 saturated carbocycles. The maximum atomic E-state index is 11.0. The molecule has 0 fully saturated rings. The molecule has 0 aliphatic rings. The Labute approximate surface area is 78.2 Å². The summed E-state index contributed by atoms with van der Waals surface area (Å²) in [6.07, 6.45) is 0.0837. The molecular weight excluding hydrogens is 172 g/mol. The summed E-state index contributed by atoms with van der Waals surface area (Å²) in [4.78, 5) is 21.7. The number of hydrogen-bond donors (Lipinski definition) is 0. The summed E-state index contributed by atoms with van der Waals surface area (Å²) in [5.41, 5.74) is -0.780. The standard InChI is InChI=1S/C9H16O4/c1-5-12-8(11)6-9(3,4)13-7(2)10/h5-6H2,1-4H3. The summed E-state index contributed by atoms with van der Waals surface area (Å²) in [6, 6.07) is 0. The summed E-state index contributed by atoms with van der Waals surface area (Å²) < 4.78 is 9.64. The van der Waals surface area contributed by atoms with Crippen molar-refractivity contribution >= 4 is 11.9 Å². The summed E-state index contributed by atoms with van der Waals surface area (Å²) in [6.45, 7) is 6.73. The molecule has 13 heavy (non-hydrogen) atoms. The first-order valence-electron chi connectivity index (χ1n) is 4.22. The van der Waals surface area contributed by atoms with Crippen LogP contribution in [0.15, 0.2) is 0 Å². The highest BCUT2D eigenvalue weighted by molar-refractivity contribution is 5.72. The van der Waals surface area contributed by atoms with Gasteiger partial charge in [0.1, 0.15) is 5.60 Å². The largest absolute Gasteiger partial charge is 0.466 e. The molecule has 0 aromatic rings. The van der Waals surface area contributed by atoms with Gasteiger partial charge in [0.2, 0.25) is 0 Å². The van der Waals surface area contributed by atoms with Gasteiger partial charge in [-0.25, -0.2) is 0 Å². The zero-order chi connectivity index (χ0) is 10.5. The van der Waals surface area contributed by atoms with E-state index in [-0.39, 0.29) is 12.4 Å². The van der Waals surface area contributed by atoms with Crippen molar-refractivity contribution in [1.82, 2.24) is 0 Å². The minimum absolute atomic E-state index is 0.0837. The maximum Gasteiger partial charge on any atom is 0.309 e. The minimum Gasteiger partial charge on any atom is -0.466 e. The lowest BCUT2D eigenvalue weighted by Gasteiger charge is -2.22. The van der Waals surface area contributed by atoms with E-state index in [1.807, 2.05) is 0 Å². The van der Waals surface area contributed by atoms with Gasteiger partial charge < -0.3 is 9.47 Å². The van der Waals surface area contributed by atoms with E-state index in [0.717, 1.165) is 0 Å². The Morgan fingerprint density at radius 3 is 2.23 bits per heavy atom. The third-order valence-electron chi connectivity index (χ3n) is 1.30. The lowest BCUT2D eigenvalue weighted by molar-refractivity contribution is -0.160. The van der Waals surface area contributed by atoms with Crippen molar-refractivity contribution in [2.24, 2.45) is 0 Å². The molecule has 0 aromatic heterocycles. The van der Waals surface area contributed by atoms with Crippen LogP contribution in [0.2, 0.25) is 0 Å². The lowest BCUT2D eigenvalue weighted by atomic mass is 10.1. The fraction of sp³-hybridized carbons (Fsp3) is 0.778. The highest BCUT2D eigenvalue weighted by Crippen LogP contribution is 2.15. The Kier molecular flexibility index (Phi) is 4.45. The van der Waals surface area contributed by atoms with Crippen molar-refractivity contribution in [3.8, 4) is 0 Å². The molecule has 0 bridgehead atoms. The van der Waals surface area contributed by atoms with E-state index in [9.17, 15) is 9.59 Å². The Hall–Kier alpha value is -1.06. The summed E-state index contributed by atoms with van der Waals surface area (Å²) in [7, 11) is 0. The Bertz CT molecular complexity index is 196. The Morgan fingerprint density at radius 1 is 1.31 bits per heavy atom. The first kappa shape index (κ1) is 11.9. The Balaban J connectivity index is 4.00. The number of rotatable bonds is 4. The molecule has 0 unspecified atom stereocenters. The van der Waals surface area contributed by atoms with Crippen molar-refractivity contribution in [1.29, 1.82) is 0 Å². The maximum absolute atomic E-state index is 11.0. The van der Waals surface area contributed by atoms with Crippen LogP contribution in [0.5, 0.6) is 0 Å². The molecule has 0 heterocycles. The van der Waals surface area contributed by atoms with E-state index in [2.05, 4.69) is 0 Å². The van der Waals surface area contributed by atoms with Crippen LogP contribution in [0.1, 0.15) is 34.1 Å². The quantitative estimate of drug-likeness (QED) is 0.623. The molecule has 0 rings (SSSR count). The van der Waals surface area contributed by atoms with Crippen LogP contribution in [0.25, 0.3) is 0 Å². The van der Waals surface area contributed by atoms with E-state index in [1.54, 1.807) is 20.8 Å². The van der Waals surface area contributed by atoms with Crippen molar-refractivity contribution < 1.29 is 19.1 Å². The predicted octanol–water partition coefficient (Wildman–Crippen LogP) is 1.28. The molecule has 0 aromatic carbocycles. The predicted molar refractivity (Wildman–Crippen MR) is 47.1 cm³/mol. The van der Waals surface area contributed by atoms with E-state index in [4.69, 9.17) is 9.47 Å². The van der Waals surface area contributed by atoms with Gasteiger partial charge in [0.05, 0.1) is 13.0 Å². The van der Waals surface area contributed by atoms with E-state index in [0.29, 0.717) is 6.61 Å². The molecule has 0 atom stereocenters. The molecule has 0 radical (unpaired) electrons. The fourth-order valence-electron chi connectivity index (χ4n) is 0.985. The van der Waals surface area contributed by atoms with Gasteiger partial charge in [0, 0.05) is 6.92 Å². The van der Waals surface area contributed by atoms with Gasteiger partial charge in [0.15, 0.2) is 0 Å². The fourth-order valence-corrected chi connectivity index (χ4v) is 0.985. The van der Waals surface area contributed by atoms with Crippen molar-refractivity contribution in [2.75, 3.05) is 6.61 Å². The molecule has 0 saturated heterocycles. The van der Waals surface area contributed by atoms with Gasteiger partial charge in [0.25, 0.3) is 0 Å². The average molecular weight is 188 g/mol. The van der Waals surface area contributed by atoms with Crippen molar-refractivity contribution in [2.45, 2.75) is 39.7 Å². The highest BCUT2D eigenvalue weighted by Gasteiger charge is 2.25. The van der Waals surface area contributed by atoms with Crippen LogP contribution in [-0.4, -0.2) is 24.1 Å². The number of carbonyl (C=O) groups is 2. The number of esters is 2.